The number of fused-ring (bicyclic) bond motifs is 3. The predicted molar refractivity (Wildman–Crippen MR) is 185 cm³/mol. The van der Waals surface area contributed by atoms with Crippen LogP contribution in [0, 0.1) is 29.0 Å². The molecule has 2 aromatic carbocycles. The molecule has 47 heavy (non-hydrogen) atoms. The lowest BCUT2D eigenvalue weighted by Crippen LogP contribution is -2.57. The lowest BCUT2D eigenvalue weighted by molar-refractivity contribution is -0.108. The molecule has 5 fully saturated rings. The van der Waals surface area contributed by atoms with Crippen molar-refractivity contribution in [2.24, 2.45) is 28.2 Å². The number of halogens is 1. The maximum atomic E-state index is 14.0. The highest BCUT2D eigenvalue weighted by molar-refractivity contribution is 5.96. The first-order valence-electron chi connectivity index (χ1n) is 17.6. The van der Waals surface area contributed by atoms with E-state index >= 15 is 0 Å². The van der Waals surface area contributed by atoms with Gasteiger partial charge in [0.25, 0.3) is 5.56 Å². The summed E-state index contributed by atoms with van der Waals surface area (Å²) in [7, 11) is 0. The molecule has 3 aliphatic carbocycles. The summed E-state index contributed by atoms with van der Waals surface area (Å²) in [6.07, 6.45) is 3.09. The fourth-order valence-electron chi connectivity index (χ4n) is 8.44. The number of piperazine rings is 1. The van der Waals surface area contributed by atoms with Crippen LogP contribution in [0.5, 0.6) is 0 Å². The average Bonchev–Trinajstić information content (AvgIpc) is 3.06. The van der Waals surface area contributed by atoms with E-state index in [4.69, 9.17) is 14.7 Å². The summed E-state index contributed by atoms with van der Waals surface area (Å²) >= 11 is 0. The van der Waals surface area contributed by atoms with Crippen LogP contribution < -0.4 is 16.2 Å². The topological polar surface area (TPSA) is 87.0 Å². The average molecular weight is 644 g/mol. The Morgan fingerprint density at radius 1 is 1.11 bits per heavy atom. The third kappa shape index (κ3) is 6.69. The van der Waals surface area contributed by atoms with E-state index in [1.807, 2.05) is 18.2 Å². The van der Waals surface area contributed by atoms with Gasteiger partial charge < -0.3 is 20.3 Å². The van der Waals surface area contributed by atoms with Crippen LogP contribution in [0.1, 0.15) is 51.9 Å². The summed E-state index contributed by atoms with van der Waals surface area (Å²) in [6.45, 7) is 16.2. The number of ether oxygens (including phenoxy) is 1. The number of nitrogens with one attached hydrogen (secondary N) is 2. The molecule has 0 unspecified atom stereocenters. The molecule has 2 aliphatic heterocycles. The Bertz CT molecular complexity index is 1670. The number of hydrogen-bond acceptors (Lipinski definition) is 6. The molecule has 0 radical (unpaired) electrons. The van der Waals surface area contributed by atoms with E-state index in [1.54, 1.807) is 16.7 Å². The lowest BCUT2D eigenvalue weighted by Gasteiger charge is -2.61. The van der Waals surface area contributed by atoms with Crippen LogP contribution in [0.15, 0.2) is 52.3 Å². The van der Waals surface area contributed by atoms with Crippen LogP contribution in [-0.2, 0) is 24.2 Å². The molecule has 3 aromatic rings. The molecule has 3 saturated carbocycles. The molecular formula is C37H50FN7O2. The number of hydrogen-bond donors (Lipinski definition) is 2. The molecule has 2 bridgehead atoms. The van der Waals surface area contributed by atoms with Crippen molar-refractivity contribution in [3.8, 4) is 0 Å². The van der Waals surface area contributed by atoms with Gasteiger partial charge in [0.15, 0.2) is 5.96 Å². The van der Waals surface area contributed by atoms with Gasteiger partial charge in [0, 0.05) is 51.0 Å². The minimum absolute atomic E-state index is 0.0467. The van der Waals surface area contributed by atoms with Crippen molar-refractivity contribution in [1.82, 2.24) is 24.7 Å². The Kier molecular flexibility index (Phi) is 9.11. The van der Waals surface area contributed by atoms with E-state index in [0.29, 0.717) is 67.0 Å². The lowest BCUT2D eigenvalue weighted by atomic mass is 9.45. The Balaban J connectivity index is 1.20. The van der Waals surface area contributed by atoms with Crippen molar-refractivity contribution in [3.63, 3.8) is 0 Å². The van der Waals surface area contributed by atoms with Gasteiger partial charge in [0.05, 0.1) is 36.7 Å². The summed E-state index contributed by atoms with van der Waals surface area (Å²) in [6, 6.07) is 13.1. The minimum Gasteiger partial charge on any atom is -0.379 e. The van der Waals surface area contributed by atoms with Gasteiger partial charge in [-0.3, -0.25) is 14.3 Å². The van der Waals surface area contributed by atoms with Gasteiger partial charge in [-0.2, -0.15) is 0 Å². The van der Waals surface area contributed by atoms with Crippen LogP contribution in [0.3, 0.4) is 0 Å². The standard InChI is InChI=1S/C37H50FN7O2/c1-24-22-44(14-12-39-24)36(42-32-20-27-19-31(25(32)2)37(27,3)4)40-29-9-10-30-33(21-29)41-34(23-43-15-17-47-18-16-43)45(35(30)46)13-11-26-5-7-28(38)8-6-26/h5-10,21,24-25,27,31-32,39H,11-20,22-23H2,1-4H3,(H,40,42)/t24-,25-,27+,31-,32-/m0/s1. The fourth-order valence-corrected chi connectivity index (χ4v) is 8.44. The molecule has 0 spiro atoms. The highest BCUT2D eigenvalue weighted by atomic mass is 19.1. The van der Waals surface area contributed by atoms with Gasteiger partial charge in [-0.1, -0.05) is 32.9 Å². The number of anilines is 1. The third-order valence-electron chi connectivity index (χ3n) is 11.6. The molecule has 2 N–H and O–H groups in total. The molecule has 10 heteroatoms. The van der Waals surface area contributed by atoms with Crippen molar-refractivity contribution < 1.29 is 9.13 Å². The molecule has 252 valence electrons. The van der Waals surface area contributed by atoms with Crippen LogP contribution in [0.2, 0.25) is 0 Å². The summed E-state index contributed by atoms with van der Waals surface area (Å²) < 4.78 is 20.9. The van der Waals surface area contributed by atoms with E-state index in [1.165, 1.54) is 18.6 Å². The van der Waals surface area contributed by atoms with Crippen molar-refractivity contribution in [2.75, 3.05) is 51.3 Å². The van der Waals surface area contributed by atoms with E-state index in [2.05, 4.69) is 48.1 Å². The minimum atomic E-state index is -0.260. The van der Waals surface area contributed by atoms with Gasteiger partial charge >= 0.3 is 0 Å². The Hall–Kier alpha value is -3.34. The van der Waals surface area contributed by atoms with Crippen LogP contribution in [0.25, 0.3) is 10.9 Å². The van der Waals surface area contributed by atoms with Gasteiger partial charge in [0.2, 0.25) is 0 Å². The van der Waals surface area contributed by atoms with E-state index in [-0.39, 0.29) is 11.4 Å². The van der Waals surface area contributed by atoms with E-state index in [0.717, 1.165) is 74.0 Å². The first-order chi connectivity index (χ1) is 22.7. The van der Waals surface area contributed by atoms with Gasteiger partial charge in [-0.05, 0) is 85.3 Å². The molecule has 2 saturated heterocycles. The summed E-state index contributed by atoms with van der Waals surface area (Å²) in [5, 5.41) is 7.87. The molecule has 0 amide bonds. The normalized spacial score (nSPS) is 27.9. The summed E-state index contributed by atoms with van der Waals surface area (Å²) in [5.41, 5.74) is 2.93. The molecule has 9 nitrogen and oxygen atoms in total. The molecule has 3 heterocycles. The van der Waals surface area contributed by atoms with E-state index in [9.17, 15) is 9.18 Å². The largest absolute Gasteiger partial charge is 0.379 e. The number of aliphatic imine (C=N–C) groups is 1. The second-order valence-corrected chi connectivity index (χ2v) is 14.9. The molecule has 8 rings (SSSR count). The maximum Gasteiger partial charge on any atom is 0.261 e. The Labute approximate surface area is 277 Å². The first kappa shape index (κ1) is 32.2. The highest BCUT2D eigenvalue weighted by Crippen LogP contribution is 2.61. The Morgan fingerprint density at radius 3 is 2.62 bits per heavy atom. The van der Waals surface area contributed by atoms with Crippen LogP contribution >= 0.6 is 0 Å². The summed E-state index contributed by atoms with van der Waals surface area (Å²) in [4.78, 5) is 29.3. The SMILES string of the molecule is C[C@@H]1[C@@H](N=C(Nc2ccc3c(=O)n(CCc4ccc(F)cc4)c(CN4CCOCC4)nc3c2)N2CCN[C@@H](C)C2)C[C@H]2C[C@@H]1C2(C)C. The van der Waals surface area contributed by atoms with Crippen molar-refractivity contribution in [1.29, 1.82) is 0 Å². The quantitative estimate of drug-likeness (QED) is 0.284. The number of morpholine rings is 1. The highest BCUT2D eigenvalue weighted by Gasteiger charge is 2.56. The number of rotatable bonds is 7. The third-order valence-corrected chi connectivity index (χ3v) is 11.6. The van der Waals surface area contributed by atoms with Crippen LogP contribution in [0.4, 0.5) is 10.1 Å². The van der Waals surface area contributed by atoms with Crippen LogP contribution in [-0.4, -0.2) is 83.3 Å². The zero-order chi connectivity index (χ0) is 32.7. The smallest absolute Gasteiger partial charge is 0.261 e. The summed E-state index contributed by atoms with van der Waals surface area (Å²) in [5.74, 6) is 3.41. The second kappa shape index (κ2) is 13.3. The maximum absolute atomic E-state index is 14.0. The number of benzene rings is 2. The second-order valence-electron chi connectivity index (χ2n) is 14.9. The number of nitrogens with zero attached hydrogens (tertiary/aromatic N) is 5. The Morgan fingerprint density at radius 2 is 1.89 bits per heavy atom. The monoisotopic (exact) mass is 643 g/mol. The van der Waals surface area contributed by atoms with Crippen molar-refractivity contribution in [2.45, 2.75) is 72.1 Å². The number of aromatic nitrogens is 2. The van der Waals surface area contributed by atoms with Crippen molar-refractivity contribution in [3.05, 3.63) is 70.0 Å². The van der Waals surface area contributed by atoms with Gasteiger partial charge in [-0.25, -0.2) is 14.4 Å². The van der Waals surface area contributed by atoms with Gasteiger partial charge in [-0.15, -0.1) is 0 Å². The fraction of sp³-hybridized carbons (Fsp3) is 0.595. The molecule has 1 aromatic heterocycles. The van der Waals surface area contributed by atoms with Gasteiger partial charge in [0.1, 0.15) is 11.6 Å². The number of aryl methyl sites for hydroxylation is 1. The van der Waals surface area contributed by atoms with E-state index < -0.39 is 0 Å². The molecule has 5 aliphatic rings. The first-order valence-corrected chi connectivity index (χ1v) is 17.6. The molecular weight excluding hydrogens is 593 g/mol. The zero-order valence-electron chi connectivity index (χ0n) is 28.3. The molecule has 5 atom stereocenters. The van der Waals surface area contributed by atoms with Crippen molar-refractivity contribution >= 4 is 22.5 Å². The predicted octanol–water partition coefficient (Wildman–Crippen LogP) is 4.74. The number of guanidine groups is 1. The zero-order valence-corrected chi connectivity index (χ0v) is 28.3.